The zero-order valence-electron chi connectivity index (χ0n) is 12.3. The lowest BCUT2D eigenvalue weighted by atomic mass is 10.1. The van der Waals surface area contributed by atoms with E-state index in [4.69, 9.17) is 9.84 Å². The van der Waals surface area contributed by atoms with Crippen LogP contribution >= 0.6 is 0 Å². The summed E-state index contributed by atoms with van der Waals surface area (Å²) >= 11 is 0. The van der Waals surface area contributed by atoms with E-state index in [2.05, 4.69) is 0 Å². The number of nitrogens with zero attached hydrogens (tertiary/aromatic N) is 2. The van der Waals surface area contributed by atoms with Crippen LogP contribution < -0.4 is 5.43 Å². The Morgan fingerprint density at radius 3 is 2.43 bits per heavy atom. The summed E-state index contributed by atoms with van der Waals surface area (Å²) in [6, 6.07) is 0. The van der Waals surface area contributed by atoms with Crippen molar-refractivity contribution in [3.8, 4) is 0 Å². The summed E-state index contributed by atoms with van der Waals surface area (Å²) in [5.41, 5.74) is 0.503. The van der Waals surface area contributed by atoms with Gasteiger partial charge in [-0.3, -0.25) is 4.79 Å². The Morgan fingerprint density at radius 1 is 1.33 bits per heavy atom. The molecule has 0 fully saturated rings. The van der Waals surface area contributed by atoms with Crippen molar-refractivity contribution < 1.29 is 19.4 Å². The molecule has 0 saturated heterocycles. The maximum absolute atomic E-state index is 12.4. The van der Waals surface area contributed by atoms with Crippen molar-refractivity contribution in [3.05, 3.63) is 33.2 Å². The van der Waals surface area contributed by atoms with Crippen LogP contribution in [0, 0.1) is 6.92 Å². The third-order valence-electron chi connectivity index (χ3n) is 3.65. The smallest absolute Gasteiger partial charge is 0.341 e. The molecule has 2 heterocycles. The predicted molar refractivity (Wildman–Crippen MR) is 75.9 cm³/mol. The molecule has 0 aliphatic heterocycles. The van der Waals surface area contributed by atoms with E-state index in [-0.39, 0.29) is 16.6 Å². The molecule has 7 heteroatoms. The number of aromatic carboxylic acids is 1. The van der Waals surface area contributed by atoms with Crippen molar-refractivity contribution in [3.63, 3.8) is 0 Å². The summed E-state index contributed by atoms with van der Waals surface area (Å²) in [6.07, 6.45) is 1.26. The average Bonchev–Trinajstić information content (AvgIpc) is 2.71. The number of methoxy groups -OCH3 is 1. The van der Waals surface area contributed by atoms with Gasteiger partial charge in [-0.1, -0.05) is 0 Å². The molecule has 0 unspecified atom stereocenters. The molecule has 0 amide bonds. The molecule has 0 spiro atoms. The maximum Gasteiger partial charge on any atom is 0.341 e. The van der Waals surface area contributed by atoms with Gasteiger partial charge in [0, 0.05) is 25.5 Å². The van der Waals surface area contributed by atoms with Crippen LogP contribution in [0.25, 0.3) is 11.0 Å². The van der Waals surface area contributed by atoms with E-state index < -0.39 is 17.4 Å². The minimum atomic E-state index is -1.29. The van der Waals surface area contributed by atoms with Gasteiger partial charge in [-0.05, 0) is 13.8 Å². The summed E-state index contributed by atoms with van der Waals surface area (Å²) in [5.74, 6) is -1.84. The van der Waals surface area contributed by atoms with E-state index >= 15 is 0 Å². The van der Waals surface area contributed by atoms with Gasteiger partial charge in [0.05, 0.1) is 12.6 Å². The number of esters is 1. The van der Waals surface area contributed by atoms with Crippen LogP contribution in [-0.4, -0.2) is 33.3 Å². The second kappa shape index (κ2) is 5.08. The molecular formula is C14H16N2O5. The van der Waals surface area contributed by atoms with Gasteiger partial charge in [0.2, 0.25) is 5.43 Å². The molecule has 112 valence electrons. The van der Waals surface area contributed by atoms with Gasteiger partial charge >= 0.3 is 11.9 Å². The minimum Gasteiger partial charge on any atom is -0.477 e. The predicted octanol–water partition coefficient (Wildman–Crippen LogP) is 1.15. The van der Waals surface area contributed by atoms with E-state index in [0.29, 0.717) is 17.8 Å². The van der Waals surface area contributed by atoms with Crippen LogP contribution in [0.15, 0.2) is 11.0 Å². The lowest BCUT2D eigenvalue weighted by Crippen LogP contribution is -2.20. The van der Waals surface area contributed by atoms with Crippen LogP contribution in [0.3, 0.4) is 0 Å². The Bertz CT molecular complexity index is 813. The Morgan fingerprint density at radius 2 is 1.95 bits per heavy atom. The quantitative estimate of drug-likeness (QED) is 0.857. The van der Waals surface area contributed by atoms with Gasteiger partial charge in [0.25, 0.3) is 0 Å². The van der Waals surface area contributed by atoms with Gasteiger partial charge < -0.3 is 19.0 Å². The highest BCUT2D eigenvalue weighted by Crippen LogP contribution is 2.24. The first-order valence-corrected chi connectivity index (χ1v) is 6.39. The molecule has 7 nitrogen and oxygen atoms in total. The third kappa shape index (κ3) is 2.01. The third-order valence-corrected chi connectivity index (χ3v) is 3.65. The number of carbonyl (C=O) groups is 2. The van der Waals surface area contributed by atoms with Crippen LogP contribution in [0.4, 0.5) is 0 Å². The van der Waals surface area contributed by atoms with Crippen molar-refractivity contribution >= 4 is 23.0 Å². The van der Waals surface area contributed by atoms with E-state index in [0.717, 1.165) is 0 Å². The first-order chi connectivity index (χ1) is 9.84. The number of rotatable bonds is 3. The Hall–Kier alpha value is -2.57. The molecule has 0 saturated carbocycles. The highest BCUT2D eigenvalue weighted by Gasteiger charge is 2.25. The van der Waals surface area contributed by atoms with Crippen LogP contribution in [-0.2, 0) is 18.3 Å². The van der Waals surface area contributed by atoms with E-state index in [9.17, 15) is 14.4 Å². The molecule has 0 aromatic carbocycles. The van der Waals surface area contributed by atoms with Crippen LogP contribution in [0.2, 0.25) is 0 Å². The molecule has 0 aliphatic rings. The fourth-order valence-electron chi connectivity index (χ4n) is 2.48. The first kappa shape index (κ1) is 14.8. The van der Waals surface area contributed by atoms with Gasteiger partial charge in [0.1, 0.15) is 16.6 Å². The van der Waals surface area contributed by atoms with Crippen molar-refractivity contribution in [1.29, 1.82) is 0 Å². The number of fused-ring (bicyclic) bond motifs is 1. The standard InChI is InChI=1S/C14H16N2O5/c1-5-16-6-8(13(18)19)12(17)11-10(16)9(14(20)21-4)7(2)15(11)3/h6H,5H2,1-4H3,(H,18,19). The topological polar surface area (TPSA) is 90.5 Å². The second-order valence-electron chi connectivity index (χ2n) is 4.67. The Balaban J connectivity index is 3.08. The van der Waals surface area contributed by atoms with Gasteiger partial charge in [0.15, 0.2) is 0 Å². The number of carboxylic acid groups (broad SMARTS) is 1. The van der Waals surface area contributed by atoms with Crippen molar-refractivity contribution in [2.75, 3.05) is 7.11 Å². The lowest BCUT2D eigenvalue weighted by Gasteiger charge is -2.09. The Kier molecular flexibility index (Phi) is 3.59. The average molecular weight is 292 g/mol. The summed E-state index contributed by atoms with van der Waals surface area (Å²) in [4.78, 5) is 35.6. The molecule has 2 aromatic rings. The molecule has 2 rings (SSSR count). The fraction of sp³-hybridized carbons (Fsp3) is 0.357. The number of hydrogen-bond acceptors (Lipinski definition) is 4. The lowest BCUT2D eigenvalue weighted by molar-refractivity contribution is 0.0600. The zero-order chi connectivity index (χ0) is 15.9. The summed E-state index contributed by atoms with van der Waals surface area (Å²) < 4.78 is 7.88. The van der Waals surface area contributed by atoms with Gasteiger partial charge in [-0.15, -0.1) is 0 Å². The molecule has 0 bridgehead atoms. The number of ether oxygens (including phenoxy) is 1. The SMILES string of the molecule is CCn1cc(C(=O)O)c(=O)c2c1c(C(=O)OC)c(C)n2C. The molecule has 1 N–H and O–H groups in total. The summed E-state index contributed by atoms with van der Waals surface area (Å²) in [7, 11) is 2.89. The molecular weight excluding hydrogens is 276 g/mol. The zero-order valence-corrected chi connectivity index (χ0v) is 12.3. The molecule has 2 aromatic heterocycles. The normalized spacial score (nSPS) is 10.9. The van der Waals surface area contributed by atoms with E-state index in [1.165, 1.54) is 17.9 Å². The Labute approximate surface area is 120 Å². The molecule has 21 heavy (non-hydrogen) atoms. The van der Waals surface area contributed by atoms with Crippen LogP contribution in [0.1, 0.15) is 33.3 Å². The monoisotopic (exact) mass is 292 g/mol. The summed E-state index contributed by atoms with van der Waals surface area (Å²) in [6.45, 7) is 3.91. The molecule has 0 atom stereocenters. The molecule has 0 radical (unpaired) electrons. The van der Waals surface area contributed by atoms with Crippen molar-refractivity contribution in [2.45, 2.75) is 20.4 Å². The number of aromatic nitrogens is 2. The first-order valence-electron chi connectivity index (χ1n) is 6.39. The largest absolute Gasteiger partial charge is 0.477 e. The highest BCUT2D eigenvalue weighted by atomic mass is 16.5. The summed E-state index contributed by atoms with van der Waals surface area (Å²) in [5, 5.41) is 9.15. The molecule has 0 aliphatic carbocycles. The van der Waals surface area contributed by atoms with Gasteiger partial charge in [-0.2, -0.15) is 0 Å². The number of carboxylic acids is 1. The fourth-order valence-corrected chi connectivity index (χ4v) is 2.48. The van der Waals surface area contributed by atoms with E-state index in [1.807, 2.05) is 0 Å². The number of carbonyl (C=O) groups excluding carboxylic acids is 1. The second-order valence-corrected chi connectivity index (χ2v) is 4.67. The number of pyridine rings is 1. The van der Waals surface area contributed by atoms with Crippen molar-refractivity contribution in [2.24, 2.45) is 7.05 Å². The van der Waals surface area contributed by atoms with E-state index in [1.54, 1.807) is 25.5 Å². The number of aryl methyl sites for hydroxylation is 2. The minimum absolute atomic E-state index is 0.189. The number of hydrogen-bond donors (Lipinski definition) is 1. The van der Waals surface area contributed by atoms with Gasteiger partial charge in [-0.25, -0.2) is 9.59 Å². The van der Waals surface area contributed by atoms with Crippen LogP contribution in [0.5, 0.6) is 0 Å². The van der Waals surface area contributed by atoms with Crippen molar-refractivity contribution in [1.82, 2.24) is 9.13 Å². The highest BCUT2D eigenvalue weighted by molar-refractivity contribution is 6.05. The maximum atomic E-state index is 12.4.